The van der Waals surface area contributed by atoms with Gasteiger partial charge in [0.25, 0.3) is 0 Å². The summed E-state index contributed by atoms with van der Waals surface area (Å²) in [5.74, 6) is -1.06. The minimum atomic E-state index is -0.542. The van der Waals surface area contributed by atoms with Gasteiger partial charge in [-0.05, 0) is 23.8 Å². The average molecular weight is 376 g/mol. The second kappa shape index (κ2) is 9.61. The van der Waals surface area contributed by atoms with E-state index in [1.54, 1.807) is 24.3 Å². The Morgan fingerprint density at radius 3 is 2.52 bits per heavy atom. The van der Waals surface area contributed by atoms with Crippen LogP contribution in [0.1, 0.15) is 12.0 Å². The summed E-state index contributed by atoms with van der Waals surface area (Å²) in [6.07, 6.45) is 4.56. The minimum absolute atomic E-state index is 0.224. The van der Waals surface area contributed by atoms with Gasteiger partial charge in [-0.15, -0.1) is 0 Å². The number of benzene rings is 2. The lowest BCUT2D eigenvalue weighted by molar-refractivity contribution is -0.126. The fourth-order valence-electron chi connectivity index (χ4n) is 1.85. The monoisotopic (exact) mass is 375 g/mol. The van der Waals surface area contributed by atoms with E-state index in [4.69, 9.17) is 23.2 Å². The number of amides is 2. The molecule has 2 amide bonds. The van der Waals surface area contributed by atoms with E-state index in [1.165, 1.54) is 6.21 Å². The Morgan fingerprint density at radius 1 is 1.00 bits per heavy atom. The zero-order valence-electron chi connectivity index (χ0n) is 13.1. The summed E-state index contributed by atoms with van der Waals surface area (Å²) in [4.78, 5) is 23.5. The third kappa shape index (κ3) is 6.41. The molecule has 128 valence electrons. The molecule has 0 spiro atoms. The van der Waals surface area contributed by atoms with E-state index in [9.17, 15) is 9.59 Å². The molecule has 2 rings (SSSR count). The van der Waals surface area contributed by atoms with E-state index in [1.807, 2.05) is 36.4 Å². The number of halogens is 2. The van der Waals surface area contributed by atoms with E-state index >= 15 is 0 Å². The molecule has 0 aliphatic carbocycles. The van der Waals surface area contributed by atoms with Gasteiger partial charge in [0.05, 0.1) is 15.7 Å². The van der Waals surface area contributed by atoms with Gasteiger partial charge in [0.1, 0.15) is 6.42 Å². The maximum Gasteiger partial charge on any atom is 0.249 e. The molecule has 0 bridgehead atoms. The molecule has 7 heteroatoms. The number of hydrogen-bond donors (Lipinski definition) is 2. The molecule has 0 radical (unpaired) electrons. The predicted molar refractivity (Wildman–Crippen MR) is 102 cm³/mol. The van der Waals surface area contributed by atoms with Crippen LogP contribution in [0.4, 0.5) is 5.69 Å². The van der Waals surface area contributed by atoms with Crippen molar-refractivity contribution in [2.75, 3.05) is 5.32 Å². The molecule has 25 heavy (non-hydrogen) atoms. The highest BCUT2D eigenvalue weighted by Gasteiger charge is 2.11. The van der Waals surface area contributed by atoms with Crippen LogP contribution in [0.25, 0.3) is 6.08 Å². The number of allylic oxidation sites excluding steroid dienone is 1. The Morgan fingerprint density at radius 2 is 1.76 bits per heavy atom. The highest BCUT2D eigenvalue weighted by atomic mass is 35.5. The zero-order valence-corrected chi connectivity index (χ0v) is 14.6. The summed E-state index contributed by atoms with van der Waals surface area (Å²) in [6, 6.07) is 14.5. The van der Waals surface area contributed by atoms with Crippen molar-refractivity contribution in [1.29, 1.82) is 0 Å². The van der Waals surface area contributed by atoms with Gasteiger partial charge in [0, 0.05) is 6.21 Å². The van der Waals surface area contributed by atoms with Crippen molar-refractivity contribution in [2.24, 2.45) is 5.10 Å². The van der Waals surface area contributed by atoms with E-state index in [-0.39, 0.29) is 11.4 Å². The number of carbonyl (C=O) groups excluding carboxylic acids is 2. The van der Waals surface area contributed by atoms with Crippen molar-refractivity contribution in [2.45, 2.75) is 6.42 Å². The fourth-order valence-corrected chi connectivity index (χ4v) is 2.20. The van der Waals surface area contributed by atoms with Crippen LogP contribution in [0.3, 0.4) is 0 Å². The Hall–Kier alpha value is -2.63. The van der Waals surface area contributed by atoms with Crippen LogP contribution in [0, 0.1) is 0 Å². The second-order valence-corrected chi connectivity index (χ2v) is 5.69. The van der Waals surface area contributed by atoms with Crippen LogP contribution < -0.4 is 10.7 Å². The summed E-state index contributed by atoms with van der Waals surface area (Å²) in [5, 5.41) is 6.80. The number of hydrogen-bond acceptors (Lipinski definition) is 3. The van der Waals surface area contributed by atoms with Crippen LogP contribution in [0.5, 0.6) is 0 Å². The van der Waals surface area contributed by atoms with Crippen LogP contribution in [-0.2, 0) is 9.59 Å². The molecule has 2 aromatic carbocycles. The van der Waals surface area contributed by atoms with Crippen LogP contribution >= 0.6 is 23.2 Å². The average Bonchev–Trinajstić information content (AvgIpc) is 2.59. The number of nitrogens with zero attached hydrogens (tertiary/aromatic N) is 1. The molecule has 0 unspecified atom stereocenters. The van der Waals surface area contributed by atoms with Crippen molar-refractivity contribution in [3.63, 3.8) is 0 Å². The molecule has 0 aliphatic rings. The Bertz CT molecular complexity index is 805. The SMILES string of the molecule is O=C(CC(=O)Nc1cccc(Cl)c1Cl)NN=CC=Cc1ccccc1. The number of nitrogens with one attached hydrogen (secondary N) is 2. The van der Waals surface area contributed by atoms with Crippen molar-refractivity contribution in [3.05, 3.63) is 70.2 Å². The van der Waals surface area contributed by atoms with Gasteiger partial charge in [-0.1, -0.05) is 65.7 Å². The van der Waals surface area contributed by atoms with Gasteiger partial charge in [0.2, 0.25) is 11.8 Å². The maximum absolute atomic E-state index is 11.8. The van der Waals surface area contributed by atoms with E-state index in [0.29, 0.717) is 10.7 Å². The Kier molecular flexibility index (Phi) is 7.19. The molecule has 2 aromatic rings. The van der Waals surface area contributed by atoms with E-state index in [2.05, 4.69) is 15.8 Å². The predicted octanol–water partition coefficient (Wildman–Crippen LogP) is 4.14. The van der Waals surface area contributed by atoms with Crippen LogP contribution in [-0.4, -0.2) is 18.0 Å². The van der Waals surface area contributed by atoms with E-state index < -0.39 is 11.8 Å². The lowest BCUT2D eigenvalue weighted by Gasteiger charge is -2.07. The molecule has 0 aliphatic heterocycles. The largest absolute Gasteiger partial charge is 0.324 e. The van der Waals surface area contributed by atoms with Gasteiger partial charge in [-0.2, -0.15) is 5.10 Å². The van der Waals surface area contributed by atoms with Crippen molar-refractivity contribution < 1.29 is 9.59 Å². The summed E-state index contributed by atoms with van der Waals surface area (Å²) < 4.78 is 0. The lowest BCUT2D eigenvalue weighted by atomic mass is 10.2. The summed E-state index contributed by atoms with van der Waals surface area (Å²) in [5.41, 5.74) is 3.63. The number of rotatable bonds is 6. The number of anilines is 1. The highest BCUT2D eigenvalue weighted by Crippen LogP contribution is 2.29. The minimum Gasteiger partial charge on any atom is -0.324 e. The molecule has 0 heterocycles. The third-order valence-electron chi connectivity index (χ3n) is 2.98. The molecule has 0 saturated heterocycles. The molecule has 0 saturated carbocycles. The third-order valence-corrected chi connectivity index (χ3v) is 3.80. The van der Waals surface area contributed by atoms with Gasteiger partial charge < -0.3 is 5.32 Å². The Labute approximate surface area is 155 Å². The number of carbonyl (C=O) groups is 2. The quantitative estimate of drug-likeness (QED) is 0.452. The van der Waals surface area contributed by atoms with Gasteiger partial charge in [-0.3, -0.25) is 9.59 Å². The van der Waals surface area contributed by atoms with E-state index in [0.717, 1.165) is 5.56 Å². The standard InChI is InChI=1S/C18H15Cl2N3O2/c19-14-9-4-10-15(18(14)20)22-16(24)12-17(25)23-21-11-5-8-13-6-2-1-3-7-13/h1-11H,12H2,(H,22,24)(H,23,25). The highest BCUT2D eigenvalue weighted by molar-refractivity contribution is 6.44. The first kappa shape index (κ1) is 18.7. The van der Waals surface area contributed by atoms with Crippen molar-refractivity contribution >= 4 is 53.0 Å². The van der Waals surface area contributed by atoms with Gasteiger partial charge in [-0.25, -0.2) is 5.43 Å². The fraction of sp³-hybridized carbons (Fsp3) is 0.0556. The summed E-state index contributed by atoms with van der Waals surface area (Å²) in [6.45, 7) is 0. The molecule has 0 fully saturated rings. The molecule has 5 nitrogen and oxygen atoms in total. The molecule has 2 N–H and O–H groups in total. The summed E-state index contributed by atoms with van der Waals surface area (Å²) in [7, 11) is 0. The van der Waals surface area contributed by atoms with Crippen LogP contribution in [0.2, 0.25) is 10.0 Å². The topological polar surface area (TPSA) is 70.6 Å². The first-order chi connectivity index (χ1) is 12.1. The molecule has 0 atom stereocenters. The van der Waals surface area contributed by atoms with Gasteiger partial charge >= 0.3 is 0 Å². The van der Waals surface area contributed by atoms with Gasteiger partial charge in [0.15, 0.2) is 0 Å². The lowest BCUT2D eigenvalue weighted by Crippen LogP contribution is -2.24. The molecule has 0 aromatic heterocycles. The summed E-state index contributed by atoms with van der Waals surface area (Å²) >= 11 is 11.8. The van der Waals surface area contributed by atoms with Crippen LogP contribution in [0.15, 0.2) is 59.7 Å². The smallest absolute Gasteiger partial charge is 0.249 e. The first-order valence-corrected chi connectivity index (χ1v) is 8.09. The zero-order chi connectivity index (χ0) is 18.1. The van der Waals surface area contributed by atoms with Crippen molar-refractivity contribution in [1.82, 2.24) is 5.43 Å². The molecular formula is C18H15Cl2N3O2. The van der Waals surface area contributed by atoms with Crippen molar-refractivity contribution in [3.8, 4) is 0 Å². The normalized spacial score (nSPS) is 11.0. The second-order valence-electron chi connectivity index (χ2n) is 4.91. The maximum atomic E-state index is 11.8. The first-order valence-electron chi connectivity index (χ1n) is 7.34. The molecular weight excluding hydrogens is 361 g/mol. The Balaban J connectivity index is 1.78. The number of hydrazone groups is 1.